The highest BCUT2D eigenvalue weighted by Gasteiger charge is 2.21. The number of hydrogen-bond acceptors (Lipinski definition) is 5. The zero-order valence-corrected chi connectivity index (χ0v) is 16.8. The van der Waals surface area contributed by atoms with E-state index in [-0.39, 0.29) is 18.9 Å². The SMILES string of the molecule is CCOc1ccc(N(CCC#N)C(=O)c2csc(-c3ccc(Cl)cc3)n2)cc1. The second kappa shape index (κ2) is 9.36. The Morgan fingerprint density at radius 3 is 2.57 bits per heavy atom. The minimum absolute atomic E-state index is 0.229. The Bertz CT molecular complexity index is 978. The number of anilines is 1. The Morgan fingerprint density at radius 1 is 1.21 bits per heavy atom. The number of carbonyl (C=O) groups is 1. The van der Waals surface area contributed by atoms with Crippen LogP contribution in [-0.4, -0.2) is 24.0 Å². The molecule has 0 unspecified atom stereocenters. The van der Waals surface area contributed by atoms with Crippen LogP contribution in [0.5, 0.6) is 5.75 Å². The Hall–Kier alpha value is -2.88. The van der Waals surface area contributed by atoms with E-state index >= 15 is 0 Å². The lowest BCUT2D eigenvalue weighted by Gasteiger charge is -2.21. The van der Waals surface area contributed by atoms with Crippen LogP contribution in [-0.2, 0) is 0 Å². The summed E-state index contributed by atoms with van der Waals surface area (Å²) in [5.41, 5.74) is 1.95. The van der Waals surface area contributed by atoms with Gasteiger partial charge in [-0.1, -0.05) is 23.7 Å². The second-order valence-corrected chi connectivity index (χ2v) is 7.13. The molecule has 1 heterocycles. The van der Waals surface area contributed by atoms with Crippen molar-refractivity contribution >= 4 is 34.5 Å². The van der Waals surface area contributed by atoms with Gasteiger partial charge in [0, 0.05) is 28.2 Å². The maximum atomic E-state index is 13.1. The first-order valence-corrected chi connectivity index (χ1v) is 10.0. The topological polar surface area (TPSA) is 66.2 Å². The predicted octanol–water partition coefficient (Wildman–Crippen LogP) is 5.42. The molecule has 142 valence electrons. The minimum Gasteiger partial charge on any atom is -0.494 e. The van der Waals surface area contributed by atoms with Crippen molar-refractivity contribution in [3.05, 3.63) is 64.6 Å². The van der Waals surface area contributed by atoms with Crippen LogP contribution in [0.3, 0.4) is 0 Å². The van der Waals surface area contributed by atoms with E-state index in [0.717, 1.165) is 16.3 Å². The van der Waals surface area contributed by atoms with Crippen LogP contribution in [0.1, 0.15) is 23.8 Å². The molecule has 3 rings (SSSR count). The number of halogens is 1. The summed E-state index contributed by atoms with van der Waals surface area (Å²) in [6.07, 6.45) is 0.229. The number of aromatic nitrogens is 1. The molecule has 3 aromatic rings. The van der Waals surface area contributed by atoms with Gasteiger partial charge in [-0.05, 0) is 43.3 Å². The fourth-order valence-corrected chi connectivity index (χ4v) is 3.56. The average molecular weight is 412 g/mol. The van der Waals surface area contributed by atoms with Crippen LogP contribution < -0.4 is 9.64 Å². The highest BCUT2D eigenvalue weighted by atomic mass is 35.5. The van der Waals surface area contributed by atoms with E-state index in [1.165, 1.54) is 11.3 Å². The number of hydrogen-bond donors (Lipinski definition) is 0. The van der Waals surface area contributed by atoms with Crippen LogP contribution in [0.25, 0.3) is 10.6 Å². The summed E-state index contributed by atoms with van der Waals surface area (Å²) in [6, 6.07) is 16.7. The molecule has 2 aromatic carbocycles. The number of nitriles is 1. The van der Waals surface area contributed by atoms with E-state index in [9.17, 15) is 4.79 Å². The molecular formula is C21H18ClN3O2S. The smallest absolute Gasteiger partial charge is 0.277 e. The van der Waals surface area contributed by atoms with E-state index < -0.39 is 0 Å². The van der Waals surface area contributed by atoms with Crippen molar-refractivity contribution in [2.24, 2.45) is 0 Å². The first-order chi connectivity index (χ1) is 13.6. The largest absolute Gasteiger partial charge is 0.494 e. The average Bonchev–Trinajstić information content (AvgIpc) is 3.20. The summed E-state index contributed by atoms with van der Waals surface area (Å²) in [5.74, 6) is 0.494. The van der Waals surface area contributed by atoms with Crippen molar-refractivity contribution in [1.29, 1.82) is 5.26 Å². The second-order valence-electron chi connectivity index (χ2n) is 5.84. The molecule has 1 aromatic heterocycles. The Kier molecular flexibility index (Phi) is 6.64. The van der Waals surface area contributed by atoms with Crippen molar-refractivity contribution in [3.63, 3.8) is 0 Å². The third kappa shape index (κ3) is 4.69. The molecule has 0 saturated carbocycles. The summed E-state index contributed by atoms with van der Waals surface area (Å²) in [7, 11) is 0. The van der Waals surface area contributed by atoms with E-state index in [1.54, 1.807) is 22.4 Å². The summed E-state index contributed by atoms with van der Waals surface area (Å²) < 4.78 is 5.45. The summed E-state index contributed by atoms with van der Waals surface area (Å²) in [4.78, 5) is 19.1. The van der Waals surface area contributed by atoms with Gasteiger partial charge in [-0.2, -0.15) is 5.26 Å². The number of thiazole rings is 1. The van der Waals surface area contributed by atoms with Gasteiger partial charge >= 0.3 is 0 Å². The number of carbonyl (C=O) groups excluding carboxylic acids is 1. The van der Waals surface area contributed by atoms with Gasteiger partial charge in [0.05, 0.1) is 19.1 Å². The molecule has 0 atom stereocenters. The zero-order valence-electron chi connectivity index (χ0n) is 15.3. The maximum absolute atomic E-state index is 13.1. The molecule has 7 heteroatoms. The Labute approximate surface area is 172 Å². The molecule has 5 nitrogen and oxygen atoms in total. The molecule has 28 heavy (non-hydrogen) atoms. The van der Waals surface area contributed by atoms with Crippen molar-refractivity contribution in [2.45, 2.75) is 13.3 Å². The van der Waals surface area contributed by atoms with Crippen LogP contribution in [0.15, 0.2) is 53.9 Å². The molecule has 0 fully saturated rings. The molecule has 0 spiro atoms. The van der Waals surface area contributed by atoms with Gasteiger partial charge in [0.1, 0.15) is 16.5 Å². The van der Waals surface area contributed by atoms with E-state index in [0.29, 0.717) is 23.0 Å². The van der Waals surface area contributed by atoms with Crippen LogP contribution in [0, 0.1) is 11.3 Å². The molecule has 0 aliphatic carbocycles. The van der Waals surface area contributed by atoms with Gasteiger partial charge in [-0.3, -0.25) is 4.79 Å². The van der Waals surface area contributed by atoms with Crippen molar-refractivity contribution < 1.29 is 9.53 Å². The lowest BCUT2D eigenvalue weighted by Crippen LogP contribution is -2.32. The fraction of sp³-hybridized carbons (Fsp3) is 0.190. The number of benzene rings is 2. The predicted molar refractivity (Wildman–Crippen MR) is 112 cm³/mol. The van der Waals surface area contributed by atoms with Gasteiger partial charge in [0.15, 0.2) is 0 Å². The summed E-state index contributed by atoms with van der Waals surface area (Å²) in [6.45, 7) is 2.77. The normalized spacial score (nSPS) is 10.3. The van der Waals surface area contributed by atoms with Gasteiger partial charge < -0.3 is 9.64 Å². The van der Waals surface area contributed by atoms with Gasteiger partial charge in [-0.25, -0.2) is 4.98 Å². The van der Waals surface area contributed by atoms with Crippen LogP contribution in [0.2, 0.25) is 5.02 Å². The standard InChI is InChI=1S/C21H18ClN3O2S/c1-2-27-18-10-8-17(9-11-18)25(13-3-12-23)21(26)19-14-28-20(24-19)15-4-6-16(22)7-5-15/h4-11,14H,2-3,13H2,1H3. The van der Waals surface area contributed by atoms with E-state index in [4.69, 9.17) is 21.6 Å². The van der Waals surface area contributed by atoms with Gasteiger partial charge in [-0.15, -0.1) is 11.3 Å². The highest BCUT2D eigenvalue weighted by molar-refractivity contribution is 7.13. The van der Waals surface area contributed by atoms with Crippen molar-refractivity contribution in [2.75, 3.05) is 18.1 Å². The monoisotopic (exact) mass is 411 g/mol. The molecule has 0 aliphatic rings. The number of rotatable bonds is 7. The van der Waals surface area contributed by atoms with Gasteiger partial charge in [0.25, 0.3) is 5.91 Å². The first kappa shape index (κ1) is 19.9. The zero-order chi connectivity index (χ0) is 19.9. The van der Waals surface area contributed by atoms with Crippen molar-refractivity contribution in [1.82, 2.24) is 4.98 Å². The van der Waals surface area contributed by atoms with Crippen LogP contribution >= 0.6 is 22.9 Å². The van der Waals surface area contributed by atoms with Crippen molar-refractivity contribution in [3.8, 4) is 22.4 Å². The molecular weight excluding hydrogens is 394 g/mol. The number of amides is 1. The molecule has 0 N–H and O–H groups in total. The summed E-state index contributed by atoms with van der Waals surface area (Å²) >= 11 is 7.33. The first-order valence-electron chi connectivity index (χ1n) is 8.75. The maximum Gasteiger partial charge on any atom is 0.277 e. The highest BCUT2D eigenvalue weighted by Crippen LogP contribution is 2.27. The Morgan fingerprint density at radius 2 is 1.93 bits per heavy atom. The lowest BCUT2D eigenvalue weighted by atomic mass is 10.2. The summed E-state index contributed by atoms with van der Waals surface area (Å²) in [5, 5.41) is 12.1. The lowest BCUT2D eigenvalue weighted by molar-refractivity contribution is 0.0983. The Balaban J connectivity index is 1.85. The molecule has 1 amide bonds. The minimum atomic E-state index is -0.240. The van der Waals surface area contributed by atoms with Crippen LogP contribution in [0.4, 0.5) is 5.69 Å². The number of nitrogens with zero attached hydrogens (tertiary/aromatic N) is 3. The molecule has 0 saturated heterocycles. The molecule has 0 radical (unpaired) electrons. The molecule has 0 bridgehead atoms. The third-order valence-corrected chi connectivity index (χ3v) is 5.11. The van der Waals surface area contributed by atoms with Gasteiger partial charge in [0.2, 0.25) is 0 Å². The number of ether oxygens (including phenoxy) is 1. The third-order valence-electron chi connectivity index (χ3n) is 3.97. The quantitative estimate of drug-likeness (QED) is 0.520. The molecule has 0 aliphatic heterocycles. The van der Waals surface area contributed by atoms with E-state index in [1.807, 2.05) is 43.3 Å². The van der Waals surface area contributed by atoms with E-state index in [2.05, 4.69) is 11.1 Å². The fourth-order valence-electron chi connectivity index (χ4n) is 2.63.